The third kappa shape index (κ3) is 2.86. The number of primary amides is 1. The minimum absolute atomic E-state index is 0.179. The molecule has 2 aliphatic carbocycles. The van der Waals surface area contributed by atoms with E-state index >= 15 is 0 Å². The molecule has 3 N–H and O–H groups in total. The maximum absolute atomic E-state index is 11.9. The van der Waals surface area contributed by atoms with Gasteiger partial charge < -0.3 is 11.1 Å². The van der Waals surface area contributed by atoms with Crippen molar-refractivity contribution in [3.8, 4) is 0 Å². The zero-order chi connectivity index (χ0) is 13.3. The van der Waals surface area contributed by atoms with Gasteiger partial charge in [-0.05, 0) is 44.6 Å². The molecule has 0 bridgehead atoms. The molecule has 0 aromatic carbocycles. The molecule has 0 aromatic rings. The first kappa shape index (κ1) is 13.8. The maximum atomic E-state index is 11.9. The summed E-state index contributed by atoms with van der Waals surface area (Å²) in [6.07, 6.45) is 4.81. The first-order valence-electron chi connectivity index (χ1n) is 7.22. The molecule has 0 aromatic heterocycles. The van der Waals surface area contributed by atoms with Gasteiger partial charge in [-0.1, -0.05) is 13.8 Å². The largest absolute Gasteiger partial charge is 0.368 e. The number of rotatable bonds is 8. The van der Waals surface area contributed by atoms with Gasteiger partial charge in [0.1, 0.15) is 5.54 Å². The van der Waals surface area contributed by atoms with Crippen molar-refractivity contribution in [1.82, 2.24) is 10.2 Å². The molecule has 0 spiro atoms. The number of likely N-dealkylation sites (N-methyl/N-ethyl adjacent to an activating group) is 1. The molecule has 2 aliphatic rings. The van der Waals surface area contributed by atoms with Crippen LogP contribution in [0.15, 0.2) is 0 Å². The summed E-state index contributed by atoms with van der Waals surface area (Å²) in [5.41, 5.74) is 5.19. The highest BCUT2D eigenvalue weighted by atomic mass is 16.1. The maximum Gasteiger partial charge on any atom is 0.239 e. The van der Waals surface area contributed by atoms with Crippen LogP contribution in [-0.2, 0) is 4.79 Å². The Kier molecular flexibility index (Phi) is 3.97. The lowest BCUT2D eigenvalue weighted by atomic mass is 9.91. The summed E-state index contributed by atoms with van der Waals surface area (Å²) in [4.78, 5) is 14.4. The van der Waals surface area contributed by atoms with Crippen LogP contribution < -0.4 is 11.1 Å². The minimum Gasteiger partial charge on any atom is -0.368 e. The molecule has 1 unspecified atom stereocenters. The summed E-state index contributed by atoms with van der Waals surface area (Å²) in [6, 6.07) is 0.679. The van der Waals surface area contributed by atoms with Gasteiger partial charge >= 0.3 is 0 Å². The summed E-state index contributed by atoms with van der Waals surface area (Å²) >= 11 is 0. The molecular weight excluding hydrogens is 226 g/mol. The van der Waals surface area contributed by atoms with Crippen molar-refractivity contribution in [2.24, 2.45) is 17.6 Å². The Balaban J connectivity index is 2.07. The van der Waals surface area contributed by atoms with E-state index < -0.39 is 5.54 Å². The van der Waals surface area contributed by atoms with Gasteiger partial charge in [-0.25, -0.2) is 0 Å². The number of nitrogens with one attached hydrogen (secondary N) is 1. The van der Waals surface area contributed by atoms with Crippen molar-refractivity contribution in [3.63, 3.8) is 0 Å². The van der Waals surface area contributed by atoms with Crippen LogP contribution in [0.3, 0.4) is 0 Å². The topological polar surface area (TPSA) is 58.4 Å². The Hall–Kier alpha value is -0.610. The average molecular weight is 253 g/mol. The van der Waals surface area contributed by atoms with Gasteiger partial charge in [0.2, 0.25) is 5.91 Å². The second kappa shape index (κ2) is 5.17. The van der Waals surface area contributed by atoms with Gasteiger partial charge in [-0.2, -0.15) is 0 Å². The van der Waals surface area contributed by atoms with E-state index in [0.29, 0.717) is 17.9 Å². The molecule has 0 heterocycles. The van der Waals surface area contributed by atoms with Crippen LogP contribution >= 0.6 is 0 Å². The molecule has 2 rings (SSSR count). The normalized spacial score (nSPS) is 23.4. The van der Waals surface area contributed by atoms with Crippen molar-refractivity contribution in [1.29, 1.82) is 0 Å². The van der Waals surface area contributed by atoms with Crippen LogP contribution in [0.4, 0.5) is 0 Å². The summed E-state index contributed by atoms with van der Waals surface area (Å²) in [5, 5.41) is 3.25. The molecule has 1 amide bonds. The quantitative estimate of drug-likeness (QED) is 0.677. The van der Waals surface area contributed by atoms with Crippen LogP contribution in [0.2, 0.25) is 0 Å². The molecule has 1 atom stereocenters. The first-order valence-corrected chi connectivity index (χ1v) is 7.22. The zero-order valence-corrected chi connectivity index (χ0v) is 11.9. The first-order chi connectivity index (χ1) is 8.49. The fourth-order valence-electron chi connectivity index (χ4n) is 2.96. The lowest BCUT2D eigenvalue weighted by Crippen LogP contribution is -2.62. The highest BCUT2D eigenvalue weighted by Crippen LogP contribution is 2.41. The number of hydrogen-bond acceptors (Lipinski definition) is 3. The van der Waals surface area contributed by atoms with Gasteiger partial charge in [-0.3, -0.25) is 9.69 Å². The van der Waals surface area contributed by atoms with Crippen LogP contribution in [0.1, 0.15) is 39.5 Å². The number of nitrogens with two attached hydrogens (primary N) is 1. The fraction of sp³-hybridized carbons (Fsp3) is 0.929. The lowest BCUT2D eigenvalue weighted by molar-refractivity contribution is -0.126. The number of carbonyl (C=O) groups is 1. The van der Waals surface area contributed by atoms with E-state index in [1.54, 1.807) is 0 Å². The molecule has 2 fully saturated rings. The van der Waals surface area contributed by atoms with Crippen LogP contribution in [0, 0.1) is 11.8 Å². The Morgan fingerprint density at radius 1 is 1.39 bits per heavy atom. The Morgan fingerprint density at radius 2 is 2.00 bits per heavy atom. The van der Waals surface area contributed by atoms with Crippen LogP contribution in [-0.4, -0.2) is 42.5 Å². The van der Waals surface area contributed by atoms with Gasteiger partial charge in [0.05, 0.1) is 0 Å². The van der Waals surface area contributed by atoms with Gasteiger partial charge in [0.15, 0.2) is 0 Å². The SMILES string of the molecule is CNC(CN(CC(C)C)C1CC1)(C(N)=O)C1CC1. The van der Waals surface area contributed by atoms with Crippen LogP contribution in [0.25, 0.3) is 0 Å². The van der Waals surface area contributed by atoms with Gasteiger partial charge in [0, 0.05) is 19.1 Å². The number of carbonyl (C=O) groups excluding carboxylic acids is 1. The average Bonchev–Trinajstić information content (AvgIpc) is 3.17. The highest BCUT2D eigenvalue weighted by Gasteiger charge is 2.51. The van der Waals surface area contributed by atoms with Gasteiger partial charge in [0.25, 0.3) is 0 Å². The van der Waals surface area contributed by atoms with E-state index in [0.717, 1.165) is 25.9 Å². The van der Waals surface area contributed by atoms with E-state index in [1.807, 2.05) is 7.05 Å². The monoisotopic (exact) mass is 253 g/mol. The number of nitrogens with zero attached hydrogens (tertiary/aromatic N) is 1. The van der Waals surface area contributed by atoms with Crippen molar-refractivity contribution in [2.45, 2.75) is 51.1 Å². The zero-order valence-electron chi connectivity index (χ0n) is 11.9. The van der Waals surface area contributed by atoms with Gasteiger partial charge in [-0.15, -0.1) is 0 Å². The van der Waals surface area contributed by atoms with Crippen molar-refractivity contribution in [3.05, 3.63) is 0 Å². The van der Waals surface area contributed by atoms with E-state index in [-0.39, 0.29) is 5.91 Å². The third-order valence-electron chi connectivity index (χ3n) is 4.28. The Bertz CT molecular complexity index is 310. The van der Waals surface area contributed by atoms with Crippen molar-refractivity contribution in [2.75, 3.05) is 20.1 Å². The van der Waals surface area contributed by atoms with Crippen molar-refractivity contribution >= 4 is 5.91 Å². The summed E-state index contributed by atoms with van der Waals surface area (Å²) in [6.45, 7) is 6.32. The Morgan fingerprint density at radius 3 is 2.33 bits per heavy atom. The molecule has 2 saturated carbocycles. The predicted molar refractivity (Wildman–Crippen MR) is 73.1 cm³/mol. The molecule has 4 nitrogen and oxygen atoms in total. The summed E-state index contributed by atoms with van der Waals surface area (Å²) in [5.74, 6) is 0.891. The highest BCUT2D eigenvalue weighted by molar-refractivity contribution is 5.86. The smallest absolute Gasteiger partial charge is 0.239 e. The lowest BCUT2D eigenvalue weighted by Gasteiger charge is -2.37. The molecule has 0 radical (unpaired) electrons. The number of hydrogen-bond donors (Lipinski definition) is 2. The fourth-order valence-corrected chi connectivity index (χ4v) is 2.96. The molecule has 4 heteroatoms. The molecule has 18 heavy (non-hydrogen) atoms. The van der Waals surface area contributed by atoms with E-state index in [4.69, 9.17) is 5.73 Å². The molecule has 104 valence electrons. The summed E-state index contributed by atoms with van der Waals surface area (Å²) in [7, 11) is 1.88. The van der Waals surface area contributed by atoms with E-state index in [1.165, 1.54) is 12.8 Å². The van der Waals surface area contributed by atoms with Crippen LogP contribution in [0.5, 0.6) is 0 Å². The third-order valence-corrected chi connectivity index (χ3v) is 4.28. The second-order valence-corrected chi connectivity index (χ2v) is 6.41. The second-order valence-electron chi connectivity index (χ2n) is 6.41. The molecule has 0 saturated heterocycles. The number of amides is 1. The molecular formula is C14H27N3O. The van der Waals surface area contributed by atoms with E-state index in [9.17, 15) is 4.79 Å². The predicted octanol–water partition coefficient (Wildman–Crippen LogP) is 0.960. The van der Waals surface area contributed by atoms with E-state index in [2.05, 4.69) is 24.1 Å². The van der Waals surface area contributed by atoms with Crippen molar-refractivity contribution < 1.29 is 4.79 Å². The summed E-state index contributed by atoms with van der Waals surface area (Å²) < 4.78 is 0. The Labute approximate surface area is 110 Å². The minimum atomic E-state index is -0.502. The molecule has 0 aliphatic heterocycles. The standard InChI is InChI=1S/C14H27N3O/c1-10(2)8-17(12-6-7-12)9-14(16-3,13(15)18)11-4-5-11/h10-12,16H,4-9H2,1-3H3,(H2,15,18).